The average molecular weight is 338 g/mol. The van der Waals surface area contributed by atoms with E-state index in [0.717, 1.165) is 29.4 Å². The summed E-state index contributed by atoms with van der Waals surface area (Å²) in [6, 6.07) is 17.7. The summed E-state index contributed by atoms with van der Waals surface area (Å²) in [5.41, 5.74) is 2.96. The van der Waals surface area contributed by atoms with Crippen LogP contribution in [0.5, 0.6) is 0 Å². The minimum absolute atomic E-state index is 0.0522. The molecule has 3 rings (SSSR count). The molecule has 4 heteroatoms. The van der Waals surface area contributed by atoms with E-state index in [1.54, 1.807) is 0 Å². The molecular weight excluding hydrogens is 312 g/mol. The average Bonchev–Trinajstić information content (AvgIpc) is 3.16. The Morgan fingerprint density at radius 3 is 2.36 bits per heavy atom. The molecule has 4 nitrogen and oxygen atoms in total. The number of nitrogens with one attached hydrogen (secondary N) is 2. The predicted octanol–water partition coefficient (Wildman–Crippen LogP) is 4.44. The van der Waals surface area contributed by atoms with Gasteiger partial charge in [-0.3, -0.25) is 4.79 Å². The third-order valence-corrected chi connectivity index (χ3v) is 4.58. The fourth-order valence-corrected chi connectivity index (χ4v) is 3.18. The minimum atomic E-state index is -0.136. The lowest BCUT2D eigenvalue weighted by Gasteiger charge is -2.12. The number of hydrogen-bond donors (Lipinski definition) is 2. The van der Waals surface area contributed by atoms with Crippen molar-refractivity contribution in [2.24, 2.45) is 5.92 Å². The largest absolute Gasteiger partial charge is 0.385 e. The lowest BCUT2D eigenvalue weighted by atomic mass is 10.1. The summed E-state index contributed by atoms with van der Waals surface area (Å²) in [5, 5.41) is 6.34. The molecule has 0 radical (unpaired) electrons. The first kappa shape index (κ1) is 17.5. The van der Waals surface area contributed by atoms with E-state index >= 15 is 0 Å². The number of carbonyl (C=O) groups excluding carboxylic acids is 1. The van der Waals surface area contributed by atoms with Crippen LogP contribution in [0.15, 0.2) is 54.6 Å². The molecular formula is C21H26N2O2. The van der Waals surface area contributed by atoms with E-state index in [1.807, 2.05) is 54.6 Å². The molecule has 0 aromatic heterocycles. The quantitative estimate of drug-likeness (QED) is 0.748. The topological polar surface area (TPSA) is 50.4 Å². The highest BCUT2D eigenvalue weighted by Gasteiger charge is 2.14. The summed E-state index contributed by atoms with van der Waals surface area (Å²) >= 11 is 0. The minimum Gasteiger partial charge on any atom is -0.385 e. The molecule has 0 heterocycles. The van der Waals surface area contributed by atoms with Gasteiger partial charge in [0.25, 0.3) is 0 Å². The molecule has 0 spiro atoms. The van der Waals surface area contributed by atoms with Crippen LogP contribution in [0.25, 0.3) is 0 Å². The standard InChI is InChI=1S/C21H26N2O2/c24-21(16-25-15-18-8-2-1-3-9-18)23-20-12-10-19(11-13-20)22-14-17-6-4-5-7-17/h1-3,8-13,17,22H,4-7,14-16H2,(H,23,24). The SMILES string of the molecule is O=C(COCc1ccccc1)Nc1ccc(NCC2CCCC2)cc1. The van der Waals surface area contributed by atoms with E-state index in [1.165, 1.54) is 25.7 Å². The number of hydrogen-bond acceptors (Lipinski definition) is 3. The van der Waals surface area contributed by atoms with Gasteiger partial charge in [0.05, 0.1) is 6.61 Å². The smallest absolute Gasteiger partial charge is 0.250 e. The van der Waals surface area contributed by atoms with Crippen LogP contribution in [-0.2, 0) is 16.1 Å². The van der Waals surface area contributed by atoms with E-state index in [4.69, 9.17) is 4.74 Å². The second kappa shape index (κ2) is 9.23. The third-order valence-electron chi connectivity index (χ3n) is 4.58. The van der Waals surface area contributed by atoms with Crippen LogP contribution < -0.4 is 10.6 Å². The van der Waals surface area contributed by atoms with Gasteiger partial charge in [-0.1, -0.05) is 43.2 Å². The number of rotatable bonds is 8. The highest BCUT2D eigenvalue weighted by molar-refractivity contribution is 5.91. The van der Waals surface area contributed by atoms with Crippen molar-refractivity contribution in [3.63, 3.8) is 0 Å². The fraction of sp³-hybridized carbons (Fsp3) is 0.381. The zero-order valence-electron chi connectivity index (χ0n) is 14.5. The summed E-state index contributed by atoms with van der Waals surface area (Å²) in [6.07, 6.45) is 5.40. The van der Waals surface area contributed by atoms with Gasteiger partial charge in [-0.2, -0.15) is 0 Å². The van der Waals surface area contributed by atoms with Crippen molar-refractivity contribution >= 4 is 17.3 Å². The molecule has 1 aliphatic carbocycles. The molecule has 2 aromatic rings. The number of anilines is 2. The highest BCUT2D eigenvalue weighted by atomic mass is 16.5. The van der Waals surface area contributed by atoms with Gasteiger partial charge in [-0.05, 0) is 48.6 Å². The highest BCUT2D eigenvalue weighted by Crippen LogP contribution is 2.25. The molecule has 1 aliphatic rings. The summed E-state index contributed by atoms with van der Waals surface area (Å²) in [7, 11) is 0. The van der Waals surface area contributed by atoms with E-state index in [2.05, 4.69) is 10.6 Å². The zero-order chi connectivity index (χ0) is 17.3. The number of carbonyl (C=O) groups is 1. The molecule has 0 atom stereocenters. The van der Waals surface area contributed by atoms with Gasteiger partial charge < -0.3 is 15.4 Å². The van der Waals surface area contributed by atoms with Crippen LogP contribution in [0.4, 0.5) is 11.4 Å². The summed E-state index contributed by atoms with van der Waals surface area (Å²) in [4.78, 5) is 11.9. The lowest BCUT2D eigenvalue weighted by molar-refractivity contribution is -0.121. The first-order chi connectivity index (χ1) is 12.3. The maximum atomic E-state index is 11.9. The molecule has 132 valence electrons. The monoisotopic (exact) mass is 338 g/mol. The number of benzene rings is 2. The third kappa shape index (κ3) is 5.91. The lowest BCUT2D eigenvalue weighted by Crippen LogP contribution is -2.18. The predicted molar refractivity (Wildman–Crippen MR) is 102 cm³/mol. The van der Waals surface area contributed by atoms with Crippen LogP contribution >= 0.6 is 0 Å². The van der Waals surface area contributed by atoms with Crippen molar-refractivity contribution in [3.05, 3.63) is 60.2 Å². The van der Waals surface area contributed by atoms with Gasteiger partial charge in [-0.15, -0.1) is 0 Å². The van der Waals surface area contributed by atoms with E-state index in [9.17, 15) is 4.79 Å². The van der Waals surface area contributed by atoms with Crippen LogP contribution in [0.3, 0.4) is 0 Å². The van der Waals surface area contributed by atoms with E-state index in [0.29, 0.717) is 6.61 Å². The van der Waals surface area contributed by atoms with Crippen molar-refractivity contribution in [1.29, 1.82) is 0 Å². The first-order valence-electron chi connectivity index (χ1n) is 9.05. The number of ether oxygens (including phenoxy) is 1. The Morgan fingerprint density at radius 2 is 1.64 bits per heavy atom. The van der Waals surface area contributed by atoms with Crippen LogP contribution in [0.2, 0.25) is 0 Å². The van der Waals surface area contributed by atoms with E-state index in [-0.39, 0.29) is 12.5 Å². The molecule has 2 N–H and O–H groups in total. The van der Waals surface area contributed by atoms with Crippen LogP contribution in [0, 0.1) is 5.92 Å². The Hall–Kier alpha value is -2.33. The Bertz CT molecular complexity index is 649. The maximum Gasteiger partial charge on any atom is 0.250 e. The van der Waals surface area contributed by atoms with Crippen molar-refractivity contribution in [3.8, 4) is 0 Å². The van der Waals surface area contributed by atoms with Gasteiger partial charge in [0.15, 0.2) is 0 Å². The Morgan fingerprint density at radius 1 is 0.960 bits per heavy atom. The maximum absolute atomic E-state index is 11.9. The van der Waals surface area contributed by atoms with Crippen molar-refractivity contribution in [2.75, 3.05) is 23.8 Å². The summed E-state index contributed by atoms with van der Waals surface area (Å²) < 4.78 is 5.45. The number of amides is 1. The van der Waals surface area contributed by atoms with Crippen molar-refractivity contribution in [2.45, 2.75) is 32.3 Å². The molecule has 0 bridgehead atoms. The molecule has 2 aromatic carbocycles. The Kier molecular flexibility index (Phi) is 6.46. The van der Waals surface area contributed by atoms with Gasteiger partial charge in [0, 0.05) is 17.9 Å². The summed E-state index contributed by atoms with van der Waals surface area (Å²) in [6.45, 7) is 1.54. The zero-order valence-corrected chi connectivity index (χ0v) is 14.5. The molecule has 1 fully saturated rings. The Labute approximate surface area is 149 Å². The fourth-order valence-electron chi connectivity index (χ4n) is 3.18. The van der Waals surface area contributed by atoms with Crippen molar-refractivity contribution in [1.82, 2.24) is 0 Å². The molecule has 25 heavy (non-hydrogen) atoms. The molecule has 1 amide bonds. The van der Waals surface area contributed by atoms with Gasteiger partial charge in [-0.25, -0.2) is 0 Å². The Balaban J connectivity index is 1.37. The normalized spacial score (nSPS) is 14.4. The molecule has 0 aliphatic heterocycles. The molecule has 0 saturated heterocycles. The second-order valence-corrected chi connectivity index (χ2v) is 6.64. The van der Waals surface area contributed by atoms with Crippen molar-refractivity contribution < 1.29 is 9.53 Å². The second-order valence-electron chi connectivity index (χ2n) is 6.64. The van der Waals surface area contributed by atoms with Crippen LogP contribution in [-0.4, -0.2) is 19.1 Å². The van der Waals surface area contributed by atoms with Gasteiger partial charge in [0.2, 0.25) is 5.91 Å². The van der Waals surface area contributed by atoms with E-state index < -0.39 is 0 Å². The van der Waals surface area contributed by atoms with Gasteiger partial charge >= 0.3 is 0 Å². The molecule has 0 unspecified atom stereocenters. The van der Waals surface area contributed by atoms with Gasteiger partial charge in [0.1, 0.15) is 6.61 Å². The summed E-state index contributed by atoms with van der Waals surface area (Å²) in [5.74, 6) is 0.670. The van der Waals surface area contributed by atoms with Crippen LogP contribution in [0.1, 0.15) is 31.2 Å². The first-order valence-corrected chi connectivity index (χ1v) is 9.05. The molecule has 1 saturated carbocycles.